The second-order valence-electron chi connectivity index (χ2n) is 7.14. The Labute approximate surface area is 175 Å². The average molecular weight is 400 g/mol. The summed E-state index contributed by atoms with van der Waals surface area (Å²) >= 11 is 0. The zero-order valence-corrected chi connectivity index (χ0v) is 17.1. The van der Waals surface area contributed by atoms with Crippen molar-refractivity contribution in [3.8, 4) is 11.6 Å². The largest absolute Gasteiger partial charge is 0.487 e. The molecular formula is C23H24N6O. The van der Waals surface area contributed by atoms with Crippen molar-refractivity contribution >= 4 is 0 Å². The smallest absolute Gasteiger partial charge is 0.155 e. The molecule has 4 rings (SSSR count). The van der Waals surface area contributed by atoms with E-state index in [9.17, 15) is 0 Å². The van der Waals surface area contributed by atoms with Gasteiger partial charge >= 0.3 is 0 Å². The molecule has 0 amide bonds. The van der Waals surface area contributed by atoms with Crippen LogP contribution >= 0.6 is 0 Å². The van der Waals surface area contributed by atoms with E-state index in [1.807, 2.05) is 36.5 Å². The van der Waals surface area contributed by atoms with E-state index in [1.54, 1.807) is 17.2 Å². The molecule has 7 heteroatoms. The molecule has 7 nitrogen and oxygen atoms in total. The fourth-order valence-corrected chi connectivity index (χ4v) is 3.33. The molecule has 1 aromatic carbocycles. The Bertz CT molecular complexity index is 1060. The molecule has 0 atom stereocenters. The van der Waals surface area contributed by atoms with Crippen LogP contribution in [0.3, 0.4) is 0 Å². The van der Waals surface area contributed by atoms with Gasteiger partial charge in [-0.15, -0.1) is 0 Å². The summed E-state index contributed by atoms with van der Waals surface area (Å²) in [6.45, 7) is 6.14. The maximum absolute atomic E-state index is 6.02. The number of ether oxygens (including phenoxy) is 1. The van der Waals surface area contributed by atoms with Crippen LogP contribution in [-0.4, -0.2) is 24.7 Å². The van der Waals surface area contributed by atoms with Gasteiger partial charge in [0, 0.05) is 25.5 Å². The molecule has 0 radical (unpaired) electrons. The molecule has 0 saturated heterocycles. The van der Waals surface area contributed by atoms with Crippen molar-refractivity contribution in [2.24, 2.45) is 0 Å². The molecule has 0 aliphatic carbocycles. The summed E-state index contributed by atoms with van der Waals surface area (Å²) in [5, 5.41) is 7.56. The number of pyridine rings is 2. The minimum atomic E-state index is 0.470. The average Bonchev–Trinajstić information content (AvgIpc) is 3.29. The van der Waals surface area contributed by atoms with Crippen LogP contribution in [0.2, 0.25) is 0 Å². The quantitative estimate of drug-likeness (QED) is 0.487. The van der Waals surface area contributed by atoms with E-state index in [2.05, 4.69) is 51.3 Å². The third kappa shape index (κ3) is 4.87. The van der Waals surface area contributed by atoms with Crippen molar-refractivity contribution < 1.29 is 4.74 Å². The van der Waals surface area contributed by atoms with Crippen LogP contribution in [0.5, 0.6) is 5.75 Å². The molecule has 152 valence electrons. The molecule has 0 fully saturated rings. The summed E-state index contributed by atoms with van der Waals surface area (Å²) in [7, 11) is 0. The van der Waals surface area contributed by atoms with Gasteiger partial charge in [0.2, 0.25) is 0 Å². The van der Waals surface area contributed by atoms with Crippen LogP contribution in [0.15, 0.2) is 67.5 Å². The fourth-order valence-electron chi connectivity index (χ4n) is 3.33. The number of nitrogens with one attached hydrogen (secondary N) is 1. The molecule has 30 heavy (non-hydrogen) atoms. The molecule has 0 unspecified atom stereocenters. The molecule has 0 aliphatic heterocycles. The minimum absolute atomic E-state index is 0.470. The maximum atomic E-state index is 6.02. The van der Waals surface area contributed by atoms with Crippen molar-refractivity contribution in [1.29, 1.82) is 0 Å². The number of hydrogen-bond donors (Lipinski definition) is 1. The molecule has 0 spiro atoms. The Hall–Kier alpha value is -3.58. The van der Waals surface area contributed by atoms with Crippen LogP contribution in [0.4, 0.5) is 0 Å². The highest BCUT2D eigenvalue weighted by molar-refractivity contribution is 5.43. The lowest BCUT2D eigenvalue weighted by Crippen LogP contribution is -2.13. The number of benzene rings is 1. The number of rotatable bonds is 8. The maximum Gasteiger partial charge on any atom is 0.155 e. The minimum Gasteiger partial charge on any atom is -0.487 e. The lowest BCUT2D eigenvalue weighted by Gasteiger charge is -2.14. The first-order valence-electron chi connectivity index (χ1n) is 9.82. The highest BCUT2D eigenvalue weighted by atomic mass is 16.5. The lowest BCUT2D eigenvalue weighted by molar-refractivity contribution is 0.297. The molecule has 3 heterocycles. The monoisotopic (exact) mass is 400 g/mol. The Morgan fingerprint density at radius 3 is 2.47 bits per heavy atom. The number of aryl methyl sites for hydroxylation is 2. The summed E-state index contributed by atoms with van der Waals surface area (Å²) in [6, 6.07) is 14.2. The standard InChI is InChI=1S/C23H24N6O/c1-17-9-20(10-18(2)23(17)30-14-21-5-3-4-8-26-21)12-24-11-19-6-7-22(27-13-19)29-16-25-15-28-29/h3-10,13,15-16,24H,11-12,14H2,1-2H3. The van der Waals surface area contributed by atoms with Gasteiger partial charge in [-0.05, 0) is 54.3 Å². The molecule has 4 aromatic rings. The summed E-state index contributed by atoms with van der Waals surface area (Å²) in [5.41, 5.74) is 5.51. The van der Waals surface area contributed by atoms with Gasteiger partial charge < -0.3 is 10.1 Å². The highest BCUT2D eigenvalue weighted by Gasteiger charge is 2.08. The van der Waals surface area contributed by atoms with Gasteiger partial charge in [-0.3, -0.25) is 4.98 Å². The van der Waals surface area contributed by atoms with Gasteiger partial charge in [-0.25, -0.2) is 14.6 Å². The first kappa shape index (κ1) is 19.7. The molecule has 0 aliphatic rings. The number of hydrogen-bond acceptors (Lipinski definition) is 6. The van der Waals surface area contributed by atoms with E-state index in [-0.39, 0.29) is 0 Å². The summed E-state index contributed by atoms with van der Waals surface area (Å²) in [5.74, 6) is 1.68. The highest BCUT2D eigenvalue weighted by Crippen LogP contribution is 2.25. The zero-order valence-electron chi connectivity index (χ0n) is 17.1. The van der Waals surface area contributed by atoms with Crippen LogP contribution in [-0.2, 0) is 19.7 Å². The first-order valence-corrected chi connectivity index (χ1v) is 9.82. The van der Waals surface area contributed by atoms with Crippen molar-refractivity contribution in [3.63, 3.8) is 0 Å². The normalized spacial score (nSPS) is 10.9. The van der Waals surface area contributed by atoms with Gasteiger partial charge in [0.05, 0.1) is 5.69 Å². The van der Waals surface area contributed by atoms with Gasteiger partial charge in [0.15, 0.2) is 5.82 Å². The molecule has 3 aromatic heterocycles. The first-order chi connectivity index (χ1) is 14.7. The van der Waals surface area contributed by atoms with Crippen molar-refractivity contribution in [2.45, 2.75) is 33.5 Å². The predicted molar refractivity (Wildman–Crippen MR) is 114 cm³/mol. The van der Waals surface area contributed by atoms with Crippen LogP contribution in [0, 0.1) is 13.8 Å². The van der Waals surface area contributed by atoms with Gasteiger partial charge in [0.1, 0.15) is 25.0 Å². The second-order valence-corrected chi connectivity index (χ2v) is 7.14. The van der Waals surface area contributed by atoms with E-state index >= 15 is 0 Å². The summed E-state index contributed by atoms with van der Waals surface area (Å²) in [6.07, 6.45) is 6.77. The number of aromatic nitrogens is 5. The van der Waals surface area contributed by atoms with Crippen LogP contribution in [0.25, 0.3) is 5.82 Å². The topological polar surface area (TPSA) is 77.8 Å². The molecular weight excluding hydrogens is 376 g/mol. The van der Waals surface area contributed by atoms with E-state index in [0.29, 0.717) is 6.61 Å². The van der Waals surface area contributed by atoms with Gasteiger partial charge in [-0.1, -0.05) is 24.3 Å². The zero-order chi connectivity index (χ0) is 20.8. The van der Waals surface area contributed by atoms with Gasteiger partial charge in [0.25, 0.3) is 0 Å². The second kappa shape index (κ2) is 9.28. The van der Waals surface area contributed by atoms with Crippen molar-refractivity contribution in [3.05, 3.63) is 95.5 Å². The summed E-state index contributed by atoms with van der Waals surface area (Å²) < 4.78 is 7.66. The molecule has 1 N–H and O–H groups in total. The van der Waals surface area contributed by atoms with E-state index < -0.39 is 0 Å². The van der Waals surface area contributed by atoms with E-state index in [1.165, 1.54) is 11.9 Å². The SMILES string of the molecule is Cc1cc(CNCc2ccc(-n3cncn3)nc2)cc(C)c1OCc1ccccn1. The Balaban J connectivity index is 1.32. The Kier molecular flexibility index (Phi) is 6.10. The fraction of sp³-hybridized carbons (Fsp3) is 0.217. The Morgan fingerprint density at radius 2 is 1.80 bits per heavy atom. The molecule has 0 saturated carbocycles. The lowest BCUT2D eigenvalue weighted by atomic mass is 10.1. The summed E-state index contributed by atoms with van der Waals surface area (Å²) in [4.78, 5) is 12.7. The predicted octanol–water partition coefficient (Wildman–Crippen LogP) is 3.54. The Morgan fingerprint density at radius 1 is 0.967 bits per heavy atom. The van der Waals surface area contributed by atoms with Crippen molar-refractivity contribution in [2.75, 3.05) is 0 Å². The van der Waals surface area contributed by atoms with Crippen LogP contribution in [0.1, 0.15) is 27.9 Å². The van der Waals surface area contributed by atoms with E-state index in [0.717, 1.165) is 47.0 Å². The number of nitrogens with zero attached hydrogens (tertiary/aromatic N) is 5. The van der Waals surface area contributed by atoms with Crippen LogP contribution < -0.4 is 10.1 Å². The van der Waals surface area contributed by atoms with Gasteiger partial charge in [-0.2, -0.15) is 5.10 Å². The third-order valence-electron chi connectivity index (χ3n) is 4.73. The molecule has 0 bridgehead atoms. The third-order valence-corrected chi connectivity index (χ3v) is 4.73. The van der Waals surface area contributed by atoms with E-state index in [4.69, 9.17) is 4.74 Å². The van der Waals surface area contributed by atoms with Crippen molar-refractivity contribution in [1.82, 2.24) is 30.0 Å².